The van der Waals surface area contributed by atoms with Gasteiger partial charge >= 0.3 is 0 Å². The fraction of sp³-hybridized carbons (Fsp3) is 0. The van der Waals surface area contributed by atoms with Crippen LogP contribution < -0.4 is 10.1 Å². The van der Waals surface area contributed by atoms with Gasteiger partial charge in [-0.25, -0.2) is 4.98 Å². The molecule has 0 radical (unpaired) electrons. The van der Waals surface area contributed by atoms with E-state index in [-0.39, 0.29) is 5.91 Å². The molecule has 0 spiro atoms. The number of halogens is 1. The van der Waals surface area contributed by atoms with E-state index in [1.807, 2.05) is 40.8 Å². The Labute approximate surface area is 179 Å². The van der Waals surface area contributed by atoms with Gasteiger partial charge in [0.1, 0.15) is 12.1 Å². The second-order valence-electron chi connectivity index (χ2n) is 6.52. The van der Waals surface area contributed by atoms with Crippen molar-refractivity contribution in [3.8, 4) is 11.6 Å². The van der Waals surface area contributed by atoms with Crippen molar-refractivity contribution in [2.75, 3.05) is 5.32 Å². The first kappa shape index (κ1) is 18.3. The lowest BCUT2D eigenvalue weighted by Gasteiger charge is -2.10. The smallest absolute Gasteiger partial charge is 0.266 e. The first-order valence-electron chi connectivity index (χ1n) is 9.11. The maximum absolute atomic E-state index is 12.5. The third-order valence-corrected chi connectivity index (χ3v) is 5.04. The fourth-order valence-electron chi connectivity index (χ4n) is 3.10. The van der Waals surface area contributed by atoms with E-state index >= 15 is 0 Å². The number of nitrogens with one attached hydrogen (secondary N) is 1. The van der Waals surface area contributed by atoms with Crippen molar-refractivity contribution in [2.24, 2.45) is 0 Å². The van der Waals surface area contributed by atoms with Crippen LogP contribution in [0.4, 0.5) is 5.69 Å². The van der Waals surface area contributed by atoms with Crippen LogP contribution in [0.2, 0.25) is 0 Å². The van der Waals surface area contributed by atoms with Crippen LogP contribution in [0, 0.1) is 0 Å². The number of ether oxygens (including phenoxy) is 1. The summed E-state index contributed by atoms with van der Waals surface area (Å²) in [5, 5.41) is 11.0. The maximum Gasteiger partial charge on any atom is 0.266 e. The Kier molecular flexibility index (Phi) is 4.61. The summed E-state index contributed by atoms with van der Waals surface area (Å²) in [6.45, 7) is 0. The van der Waals surface area contributed by atoms with Gasteiger partial charge < -0.3 is 10.1 Å². The van der Waals surface area contributed by atoms with Crippen LogP contribution in [0.3, 0.4) is 0 Å². The Morgan fingerprint density at radius 2 is 1.83 bits per heavy atom. The van der Waals surface area contributed by atoms with Crippen LogP contribution in [0.1, 0.15) is 10.4 Å². The van der Waals surface area contributed by atoms with Crippen LogP contribution in [-0.2, 0) is 0 Å². The van der Waals surface area contributed by atoms with Gasteiger partial charge in [0.25, 0.3) is 11.8 Å². The fourth-order valence-corrected chi connectivity index (χ4v) is 3.37. The first-order chi connectivity index (χ1) is 14.7. The number of nitrogens with zero attached hydrogens (tertiary/aromatic N) is 4. The van der Waals surface area contributed by atoms with Crippen molar-refractivity contribution in [3.05, 3.63) is 89.2 Å². The summed E-state index contributed by atoms with van der Waals surface area (Å²) in [6, 6.07) is 22.0. The van der Waals surface area contributed by atoms with E-state index in [9.17, 15) is 4.79 Å². The van der Waals surface area contributed by atoms with Crippen molar-refractivity contribution in [2.45, 2.75) is 0 Å². The van der Waals surface area contributed by atoms with Gasteiger partial charge in [0.05, 0.1) is 11.0 Å². The molecule has 0 aliphatic rings. The minimum absolute atomic E-state index is 0.205. The van der Waals surface area contributed by atoms with Gasteiger partial charge in [-0.1, -0.05) is 34.1 Å². The second kappa shape index (κ2) is 7.57. The zero-order valence-electron chi connectivity index (χ0n) is 15.5. The van der Waals surface area contributed by atoms with E-state index in [4.69, 9.17) is 4.74 Å². The Morgan fingerprint density at radius 3 is 2.70 bits per heavy atom. The summed E-state index contributed by atoms with van der Waals surface area (Å²) in [7, 11) is 0. The monoisotopic (exact) mass is 459 g/mol. The lowest BCUT2D eigenvalue weighted by molar-refractivity contribution is 0.102. The molecule has 0 bridgehead atoms. The predicted octanol–water partition coefficient (Wildman–Crippen LogP) is 5.08. The highest BCUT2D eigenvalue weighted by atomic mass is 79.9. The molecule has 5 aromatic rings. The quantitative estimate of drug-likeness (QED) is 0.404. The molecule has 0 fully saturated rings. The number of hydrogen-bond donors (Lipinski definition) is 1. The zero-order chi connectivity index (χ0) is 20.5. The Hall–Kier alpha value is -3.78. The number of rotatable bonds is 4. The van der Waals surface area contributed by atoms with E-state index in [1.165, 1.54) is 0 Å². The summed E-state index contributed by atoms with van der Waals surface area (Å²) in [5.74, 6) is 0.655. The molecule has 1 N–H and O–H groups in total. The van der Waals surface area contributed by atoms with Gasteiger partial charge in [0.15, 0.2) is 0 Å². The Bertz CT molecular complexity index is 1380. The van der Waals surface area contributed by atoms with Crippen LogP contribution in [0.5, 0.6) is 11.6 Å². The molecule has 2 heterocycles. The number of fused-ring (bicyclic) bond motifs is 3. The molecule has 0 unspecified atom stereocenters. The Morgan fingerprint density at radius 1 is 1.00 bits per heavy atom. The lowest BCUT2D eigenvalue weighted by Crippen LogP contribution is -2.11. The van der Waals surface area contributed by atoms with Crippen LogP contribution in [0.15, 0.2) is 83.6 Å². The van der Waals surface area contributed by atoms with Crippen molar-refractivity contribution < 1.29 is 9.53 Å². The number of carbonyl (C=O) groups is 1. The highest BCUT2D eigenvalue weighted by Gasteiger charge is 2.13. The molecular formula is C22H14BrN5O2. The molecule has 0 aliphatic carbocycles. The molecule has 1 amide bonds. The van der Waals surface area contributed by atoms with E-state index in [1.54, 1.807) is 42.7 Å². The van der Waals surface area contributed by atoms with Gasteiger partial charge in [-0.3, -0.25) is 9.20 Å². The molecule has 7 nitrogen and oxygen atoms in total. The average Bonchev–Trinajstić information content (AvgIpc) is 3.25. The lowest BCUT2D eigenvalue weighted by atomic mass is 10.2. The molecule has 0 saturated heterocycles. The van der Waals surface area contributed by atoms with Crippen molar-refractivity contribution in [3.63, 3.8) is 0 Å². The molecule has 0 atom stereocenters. The summed E-state index contributed by atoms with van der Waals surface area (Å²) >= 11 is 3.37. The molecule has 0 saturated carbocycles. The minimum Gasteiger partial charge on any atom is -0.436 e. The van der Waals surface area contributed by atoms with Gasteiger partial charge in [-0.2, -0.15) is 0 Å². The molecular weight excluding hydrogens is 446 g/mol. The Balaban J connectivity index is 1.44. The molecule has 30 heavy (non-hydrogen) atoms. The zero-order valence-corrected chi connectivity index (χ0v) is 17.1. The molecule has 5 rings (SSSR count). The standard InChI is InChI=1S/C22H14BrN5O2/c23-15-10-8-14(9-11-15)21(29)25-16-4-3-5-17(12-16)30-22-20-27-24-13-28(20)19-7-2-1-6-18(19)26-22/h1-13H,(H,25,29). The van der Waals surface area contributed by atoms with Gasteiger partial charge in [-0.15, -0.1) is 10.2 Å². The number of anilines is 1. The van der Waals surface area contributed by atoms with Gasteiger partial charge in [0.2, 0.25) is 5.65 Å². The number of para-hydroxylation sites is 2. The van der Waals surface area contributed by atoms with E-state index in [2.05, 4.69) is 36.4 Å². The predicted molar refractivity (Wildman–Crippen MR) is 117 cm³/mol. The number of amides is 1. The number of carbonyl (C=O) groups excluding carboxylic acids is 1. The summed E-state index contributed by atoms with van der Waals surface area (Å²) in [5.41, 5.74) is 3.34. The van der Waals surface area contributed by atoms with Crippen LogP contribution in [0.25, 0.3) is 16.7 Å². The maximum atomic E-state index is 12.5. The van der Waals surface area contributed by atoms with E-state index in [0.717, 1.165) is 15.5 Å². The van der Waals surface area contributed by atoms with E-state index < -0.39 is 0 Å². The van der Waals surface area contributed by atoms with Gasteiger partial charge in [0, 0.05) is 21.8 Å². The van der Waals surface area contributed by atoms with Crippen LogP contribution >= 0.6 is 15.9 Å². The van der Waals surface area contributed by atoms with Crippen LogP contribution in [-0.4, -0.2) is 25.5 Å². The summed E-state index contributed by atoms with van der Waals surface area (Å²) < 4.78 is 8.75. The summed E-state index contributed by atoms with van der Waals surface area (Å²) in [4.78, 5) is 17.1. The van der Waals surface area contributed by atoms with Crippen molar-refractivity contribution >= 4 is 44.2 Å². The number of benzene rings is 3. The van der Waals surface area contributed by atoms with Crippen molar-refractivity contribution in [1.82, 2.24) is 19.6 Å². The average molecular weight is 460 g/mol. The number of hydrogen-bond acceptors (Lipinski definition) is 5. The SMILES string of the molecule is O=C(Nc1cccc(Oc2nc3ccccc3n3cnnc23)c1)c1ccc(Br)cc1. The van der Waals surface area contributed by atoms with E-state index in [0.29, 0.717) is 28.5 Å². The third-order valence-electron chi connectivity index (χ3n) is 4.52. The van der Waals surface area contributed by atoms with Gasteiger partial charge in [-0.05, 0) is 48.5 Å². The number of aromatic nitrogens is 4. The first-order valence-corrected chi connectivity index (χ1v) is 9.90. The largest absolute Gasteiger partial charge is 0.436 e. The summed E-state index contributed by atoms with van der Waals surface area (Å²) in [6.07, 6.45) is 1.63. The molecule has 0 aliphatic heterocycles. The topological polar surface area (TPSA) is 81.4 Å². The second-order valence-corrected chi connectivity index (χ2v) is 7.44. The molecule has 2 aromatic heterocycles. The molecule has 146 valence electrons. The van der Waals surface area contributed by atoms with Crippen molar-refractivity contribution in [1.29, 1.82) is 0 Å². The molecule has 3 aromatic carbocycles. The highest BCUT2D eigenvalue weighted by Crippen LogP contribution is 2.28. The third kappa shape index (κ3) is 3.48. The normalized spacial score (nSPS) is 11.0. The minimum atomic E-state index is -0.205. The molecule has 8 heteroatoms. The highest BCUT2D eigenvalue weighted by molar-refractivity contribution is 9.10.